The van der Waals surface area contributed by atoms with Crippen molar-refractivity contribution in [2.75, 3.05) is 12.8 Å². The molecule has 0 amide bonds. The lowest BCUT2D eigenvalue weighted by atomic mass is 9.98. The number of benzene rings is 1. The van der Waals surface area contributed by atoms with Gasteiger partial charge in [-0.25, -0.2) is 0 Å². The first kappa shape index (κ1) is 12.1. The Kier molecular flexibility index (Phi) is 2.99. The van der Waals surface area contributed by atoms with E-state index < -0.39 is 0 Å². The van der Waals surface area contributed by atoms with Gasteiger partial charge in [-0.2, -0.15) is 5.26 Å². The van der Waals surface area contributed by atoms with Crippen molar-refractivity contribution in [1.29, 1.82) is 5.26 Å². The third-order valence-electron chi connectivity index (χ3n) is 2.94. The van der Waals surface area contributed by atoms with Crippen LogP contribution in [0.3, 0.4) is 0 Å². The van der Waals surface area contributed by atoms with Crippen LogP contribution in [0, 0.1) is 25.2 Å². The fourth-order valence-corrected chi connectivity index (χ4v) is 2.20. The monoisotopic (exact) mass is 241 g/mol. The Morgan fingerprint density at radius 3 is 2.61 bits per heavy atom. The Labute approximate surface area is 106 Å². The second-order valence-corrected chi connectivity index (χ2v) is 4.27. The number of nitrogens with zero attached hydrogens (tertiary/aromatic N) is 1. The Morgan fingerprint density at radius 2 is 2.00 bits per heavy atom. The lowest BCUT2D eigenvalue weighted by Gasteiger charge is -2.12. The van der Waals surface area contributed by atoms with Crippen molar-refractivity contribution in [2.24, 2.45) is 0 Å². The number of ether oxygens (including phenoxy) is 1. The predicted octanol–water partition coefficient (Wildman–Crippen LogP) is 2.76. The van der Waals surface area contributed by atoms with Crippen LogP contribution in [-0.4, -0.2) is 12.1 Å². The van der Waals surface area contributed by atoms with Gasteiger partial charge in [-0.3, -0.25) is 0 Å². The quantitative estimate of drug-likeness (QED) is 0.848. The second kappa shape index (κ2) is 4.46. The molecular formula is C14H15N3O. The van der Waals surface area contributed by atoms with Crippen LogP contribution in [0.1, 0.15) is 16.7 Å². The number of nitriles is 1. The SMILES string of the molecule is COc1c(C)cc(C)cc1-c1c[nH]c(N)c1C#N. The lowest BCUT2D eigenvalue weighted by molar-refractivity contribution is 0.413. The second-order valence-electron chi connectivity index (χ2n) is 4.27. The van der Waals surface area contributed by atoms with Gasteiger partial charge in [0.25, 0.3) is 0 Å². The average molecular weight is 241 g/mol. The van der Waals surface area contributed by atoms with Crippen LogP contribution in [0.2, 0.25) is 0 Å². The number of aromatic nitrogens is 1. The van der Waals surface area contributed by atoms with Gasteiger partial charge in [0.2, 0.25) is 0 Å². The first-order chi connectivity index (χ1) is 8.58. The Morgan fingerprint density at radius 1 is 1.28 bits per heavy atom. The van der Waals surface area contributed by atoms with Gasteiger partial charge < -0.3 is 15.5 Å². The zero-order chi connectivity index (χ0) is 13.3. The number of aryl methyl sites for hydroxylation is 2. The smallest absolute Gasteiger partial charge is 0.129 e. The molecule has 0 saturated heterocycles. The largest absolute Gasteiger partial charge is 0.496 e. The van der Waals surface area contributed by atoms with Crippen molar-refractivity contribution in [1.82, 2.24) is 4.98 Å². The van der Waals surface area contributed by atoms with Crippen LogP contribution < -0.4 is 10.5 Å². The van der Waals surface area contributed by atoms with Gasteiger partial charge in [-0.05, 0) is 31.0 Å². The number of rotatable bonds is 2. The number of H-pyrrole nitrogens is 1. The van der Waals surface area contributed by atoms with Crippen molar-refractivity contribution in [3.63, 3.8) is 0 Å². The summed E-state index contributed by atoms with van der Waals surface area (Å²) in [7, 11) is 1.63. The zero-order valence-electron chi connectivity index (χ0n) is 10.7. The zero-order valence-corrected chi connectivity index (χ0v) is 10.7. The highest BCUT2D eigenvalue weighted by Crippen LogP contribution is 2.37. The first-order valence-electron chi connectivity index (χ1n) is 5.61. The normalized spacial score (nSPS) is 10.1. The molecule has 0 aliphatic carbocycles. The fourth-order valence-electron chi connectivity index (χ4n) is 2.20. The van der Waals surface area contributed by atoms with Crippen LogP contribution in [0.15, 0.2) is 18.3 Å². The molecule has 18 heavy (non-hydrogen) atoms. The summed E-state index contributed by atoms with van der Waals surface area (Å²) in [5.74, 6) is 1.16. The summed E-state index contributed by atoms with van der Waals surface area (Å²) in [6.07, 6.45) is 1.74. The molecular weight excluding hydrogens is 226 g/mol. The number of aromatic amines is 1. The molecule has 1 aromatic heterocycles. The Hall–Kier alpha value is -2.41. The summed E-state index contributed by atoms with van der Waals surface area (Å²) >= 11 is 0. The molecule has 2 rings (SSSR count). The van der Waals surface area contributed by atoms with E-state index in [1.165, 1.54) is 0 Å². The van der Waals surface area contributed by atoms with Crippen molar-refractivity contribution >= 4 is 5.82 Å². The number of anilines is 1. The van der Waals surface area contributed by atoms with Gasteiger partial charge in [0.15, 0.2) is 0 Å². The Balaban J connectivity index is 2.75. The number of hydrogen-bond acceptors (Lipinski definition) is 3. The van der Waals surface area contributed by atoms with Crippen molar-refractivity contribution in [3.05, 3.63) is 35.0 Å². The molecule has 0 saturated carbocycles. The van der Waals surface area contributed by atoms with E-state index in [1.807, 2.05) is 26.0 Å². The number of nitrogens with one attached hydrogen (secondary N) is 1. The molecule has 0 unspecified atom stereocenters. The average Bonchev–Trinajstić information content (AvgIpc) is 2.69. The van der Waals surface area contributed by atoms with E-state index in [9.17, 15) is 0 Å². The van der Waals surface area contributed by atoms with E-state index in [-0.39, 0.29) is 0 Å². The molecule has 0 bridgehead atoms. The third-order valence-corrected chi connectivity index (χ3v) is 2.94. The van der Waals surface area contributed by atoms with Gasteiger partial charge in [0.05, 0.1) is 7.11 Å². The summed E-state index contributed by atoms with van der Waals surface area (Å²) in [6.45, 7) is 4.00. The lowest BCUT2D eigenvalue weighted by Crippen LogP contribution is -1.94. The molecule has 0 atom stereocenters. The Bertz CT molecular complexity index is 635. The number of nitrogens with two attached hydrogens (primary N) is 1. The minimum absolute atomic E-state index is 0.383. The summed E-state index contributed by atoms with van der Waals surface area (Å²) in [5, 5.41) is 9.16. The molecule has 0 spiro atoms. The molecule has 1 heterocycles. The van der Waals surface area contributed by atoms with E-state index in [0.29, 0.717) is 11.4 Å². The minimum atomic E-state index is 0.383. The molecule has 4 heteroatoms. The minimum Gasteiger partial charge on any atom is -0.496 e. The molecule has 0 aliphatic heterocycles. The first-order valence-corrected chi connectivity index (χ1v) is 5.61. The standard InChI is InChI=1S/C14H15N3O/c1-8-4-9(2)13(18-3)10(5-8)12-7-17-14(16)11(12)6-15/h4-5,7,17H,16H2,1-3H3. The number of methoxy groups -OCH3 is 1. The summed E-state index contributed by atoms with van der Waals surface area (Å²) in [4.78, 5) is 2.88. The molecule has 2 aromatic rings. The highest BCUT2D eigenvalue weighted by atomic mass is 16.5. The van der Waals surface area contributed by atoms with Crippen molar-refractivity contribution in [3.8, 4) is 22.9 Å². The topological polar surface area (TPSA) is 74.8 Å². The van der Waals surface area contributed by atoms with Crippen molar-refractivity contribution in [2.45, 2.75) is 13.8 Å². The molecule has 0 fully saturated rings. The maximum Gasteiger partial charge on any atom is 0.129 e. The maximum atomic E-state index is 9.16. The van der Waals surface area contributed by atoms with Crippen LogP contribution in [0.5, 0.6) is 5.75 Å². The molecule has 0 aliphatic rings. The maximum absolute atomic E-state index is 9.16. The number of hydrogen-bond donors (Lipinski definition) is 2. The van der Waals surface area contributed by atoms with E-state index >= 15 is 0 Å². The summed E-state index contributed by atoms with van der Waals surface area (Å²) in [6, 6.07) is 6.16. The van der Waals surface area contributed by atoms with Gasteiger partial charge in [-0.1, -0.05) is 6.07 Å². The molecule has 0 radical (unpaired) electrons. The van der Waals surface area contributed by atoms with Crippen LogP contribution >= 0.6 is 0 Å². The fraction of sp³-hybridized carbons (Fsp3) is 0.214. The highest BCUT2D eigenvalue weighted by molar-refractivity contribution is 5.81. The predicted molar refractivity (Wildman–Crippen MR) is 71.4 cm³/mol. The highest BCUT2D eigenvalue weighted by Gasteiger charge is 2.16. The van der Waals surface area contributed by atoms with Crippen LogP contribution in [0.4, 0.5) is 5.82 Å². The molecule has 3 N–H and O–H groups in total. The van der Waals surface area contributed by atoms with E-state index in [0.717, 1.165) is 28.0 Å². The van der Waals surface area contributed by atoms with E-state index in [4.69, 9.17) is 15.7 Å². The number of nitrogen functional groups attached to an aromatic ring is 1. The molecule has 4 nitrogen and oxygen atoms in total. The molecule has 1 aromatic carbocycles. The summed E-state index contributed by atoms with van der Waals surface area (Å²) < 4.78 is 5.43. The van der Waals surface area contributed by atoms with Gasteiger partial charge >= 0.3 is 0 Å². The van der Waals surface area contributed by atoms with Crippen LogP contribution in [0.25, 0.3) is 11.1 Å². The van der Waals surface area contributed by atoms with Crippen molar-refractivity contribution < 1.29 is 4.74 Å². The van der Waals surface area contributed by atoms with E-state index in [2.05, 4.69) is 11.1 Å². The van der Waals surface area contributed by atoms with Crippen LogP contribution in [-0.2, 0) is 0 Å². The molecule has 92 valence electrons. The third kappa shape index (κ3) is 1.80. The van der Waals surface area contributed by atoms with Gasteiger partial charge in [0.1, 0.15) is 23.2 Å². The summed E-state index contributed by atoms with van der Waals surface area (Å²) in [5.41, 5.74) is 10.0. The van der Waals surface area contributed by atoms with Gasteiger partial charge in [0, 0.05) is 17.3 Å². The van der Waals surface area contributed by atoms with Gasteiger partial charge in [-0.15, -0.1) is 0 Å². The van der Waals surface area contributed by atoms with E-state index in [1.54, 1.807) is 13.3 Å².